The first-order valence-corrected chi connectivity index (χ1v) is 4.75. The Balaban J connectivity index is 2.52. The Morgan fingerprint density at radius 2 is 2.42 bits per heavy atom. The maximum atomic E-state index is 11.2. The minimum atomic E-state index is -0.423. The van der Waals surface area contributed by atoms with E-state index in [2.05, 4.69) is 0 Å². The number of ketones is 1. The third-order valence-electron chi connectivity index (χ3n) is 2.00. The lowest BCUT2D eigenvalue weighted by molar-refractivity contribution is -0.116. The zero-order valence-corrected chi connectivity index (χ0v) is 7.68. The number of hydrogen-bond acceptors (Lipinski definition) is 2. The third-order valence-corrected chi connectivity index (χ3v) is 2.27. The average molecular weight is 189 g/mol. The number of halogens is 1. The zero-order valence-electron chi connectivity index (χ0n) is 6.92. The lowest BCUT2D eigenvalue weighted by atomic mass is 9.93. The Labute approximate surface area is 77.2 Å². The molecule has 68 valence electrons. The first kappa shape index (κ1) is 9.75. The highest BCUT2D eigenvalue weighted by Gasteiger charge is 2.17. The molecule has 0 bridgehead atoms. The van der Waals surface area contributed by atoms with Crippen LogP contribution in [0.4, 0.5) is 0 Å². The highest BCUT2D eigenvalue weighted by atomic mass is 35.5. The van der Waals surface area contributed by atoms with Crippen molar-refractivity contribution >= 4 is 17.4 Å². The van der Waals surface area contributed by atoms with E-state index in [-0.39, 0.29) is 5.78 Å². The number of carbonyl (C=O) groups excluding carboxylic acids is 1. The molecular weight excluding hydrogens is 176 g/mol. The molecule has 1 aliphatic rings. The number of carbonyl (C=O) groups is 1. The van der Waals surface area contributed by atoms with Crippen molar-refractivity contribution in [2.75, 3.05) is 5.88 Å². The Kier molecular flexibility index (Phi) is 3.76. The van der Waals surface area contributed by atoms with Gasteiger partial charge in [0.25, 0.3) is 0 Å². The van der Waals surface area contributed by atoms with Gasteiger partial charge in [-0.1, -0.05) is 0 Å². The molecule has 0 saturated heterocycles. The number of rotatable bonds is 3. The summed E-state index contributed by atoms with van der Waals surface area (Å²) in [5, 5.41) is 9.24. The van der Waals surface area contributed by atoms with Gasteiger partial charge < -0.3 is 5.11 Å². The summed E-state index contributed by atoms with van der Waals surface area (Å²) in [5.41, 5.74) is 0.759. The van der Waals surface area contributed by atoms with Crippen LogP contribution >= 0.6 is 11.6 Å². The smallest absolute Gasteiger partial charge is 0.158 e. The first-order chi connectivity index (χ1) is 5.74. The molecule has 0 saturated carbocycles. The van der Waals surface area contributed by atoms with Crippen molar-refractivity contribution in [1.29, 1.82) is 0 Å². The standard InChI is InChI=1S/C9H13ClO2/c10-5-1-2-7-6-8(11)3-4-9(7)12/h6,8,11H,1-5H2/t8-/m1/s1. The first-order valence-electron chi connectivity index (χ1n) is 4.22. The van der Waals surface area contributed by atoms with Crippen molar-refractivity contribution in [2.45, 2.75) is 31.8 Å². The van der Waals surface area contributed by atoms with Crippen molar-refractivity contribution in [3.63, 3.8) is 0 Å². The number of aliphatic hydroxyl groups excluding tert-OH is 1. The van der Waals surface area contributed by atoms with E-state index in [1.54, 1.807) is 6.08 Å². The summed E-state index contributed by atoms with van der Waals surface area (Å²) in [5.74, 6) is 0.742. The summed E-state index contributed by atoms with van der Waals surface area (Å²) in [6.07, 6.45) is 3.82. The topological polar surface area (TPSA) is 37.3 Å². The molecule has 2 nitrogen and oxygen atoms in total. The molecule has 0 unspecified atom stereocenters. The number of hydrogen-bond donors (Lipinski definition) is 1. The largest absolute Gasteiger partial charge is 0.389 e. The number of allylic oxidation sites excluding steroid dienone is 1. The van der Waals surface area contributed by atoms with Gasteiger partial charge in [0.15, 0.2) is 5.78 Å². The van der Waals surface area contributed by atoms with Gasteiger partial charge in [-0.3, -0.25) is 4.79 Å². The predicted octanol–water partition coefficient (Wildman–Crippen LogP) is 1.66. The average Bonchev–Trinajstić information content (AvgIpc) is 2.07. The molecule has 0 spiro atoms. The van der Waals surface area contributed by atoms with Crippen LogP contribution in [0.3, 0.4) is 0 Å². The maximum Gasteiger partial charge on any atom is 0.158 e. The number of Topliss-reactive ketones (excluding diaryl/α,β-unsaturated/α-hetero) is 1. The van der Waals surface area contributed by atoms with Crippen LogP contribution < -0.4 is 0 Å². The van der Waals surface area contributed by atoms with Crippen LogP contribution in [0.1, 0.15) is 25.7 Å². The molecule has 0 aromatic rings. The Morgan fingerprint density at radius 3 is 3.08 bits per heavy atom. The normalized spacial score (nSPS) is 24.0. The van der Waals surface area contributed by atoms with Gasteiger partial charge in [0.05, 0.1) is 6.10 Å². The molecule has 1 N–H and O–H groups in total. The number of alkyl halides is 1. The van der Waals surface area contributed by atoms with E-state index in [0.29, 0.717) is 25.1 Å². The van der Waals surface area contributed by atoms with Gasteiger partial charge in [-0.25, -0.2) is 0 Å². The van der Waals surface area contributed by atoms with E-state index < -0.39 is 6.10 Å². The van der Waals surface area contributed by atoms with Crippen LogP contribution in [-0.4, -0.2) is 22.9 Å². The van der Waals surface area contributed by atoms with Crippen LogP contribution in [-0.2, 0) is 4.79 Å². The fraction of sp³-hybridized carbons (Fsp3) is 0.667. The fourth-order valence-electron chi connectivity index (χ4n) is 1.33. The van der Waals surface area contributed by atoms with Crippen LogP contribution in [0, 0.1) is 0 Å². The Morgan fingerprint density at radius 1 is 1.67 bits per heavy atom. The van der Waals surface area contributed by atoms with Gasteiger partial charge in [0.2, 0.25) is 0 Å². The molecule has 1 aliphatic carbocycles. The summed E-state index contributed by atoms with van der Waals surface area (Å²) < 4.78 is 0. The van der Waals surface area contributed by atoms with Gasteiger partial charge in [-0.05, 0) is 30.9 Å². The summed E-state index contributed by atoms with van der Waals surface area (Å²) in [7, 11) is 0. The van der Waals surface area contributed by atoms with Crippen LogP contribution in [0.15, 0.2) is 11.6 Å². The zero-order chi connectivity index (χ0) is 8.97. The van der Waals surface area contributed by atoms with Crippen LogP contribution in [0.2, 0.25) is 0 Å². The minimum Gasteiger partial charge on any atom is -0.389 e. The fourth-order valence-corrected chi connectivity index (χ4v) is 1.46. The van der Waals surface area contributed by atoms with Gasteiger partial charge in [0.1, 0.15) is 0 Å². The van der Waals surface area contributed by atoms with E-state index in [1.165, 1.54) is 0 Å². The second kappa shape index (κ2) is 4.63. The highest BCUT2D eigenvalue weighted by molar-refractivity contribution is 6.17. The highest BCUT2D eigenvalue weighted by Crippen LogP contribution is 2.18. The third kappa shape index (κ3) is 2.61. The number of aliphatic hydroxyl groups is 1. The van der Waals surface area contributed by atoms with Crippen molar-refractivity contribution in [1.82, 2.24) is 0 Å². The molecule has 12 heavy (non-hydrogen) atoms. The Bertz CT molecular complexity index is 199. The molecule has 0 fully saturated rings. The second-order valence-electron chi connectivity index (χ2n) is 3.01. The molecule has 0 heterocycles. The minimum absolute atomic E-state index is 0.172. The summed E-state index contributed by atoms with van der Waals surface area (Å²) in [4.78, 5) is 11.2. The summed E-state index contributed by atoms with van der Waals surface area (Å²) in [6.45, 7) is 0. The molecule has 0 radical (unpaired) electrons. The predicted molar refractivity (Wildman–Crippen MR) is 48.3 cm³/mol. The van der Waals surface area contributed by atoms with Crippen molar-refractivity contribution < 1.29 is 9.90 Å². The van der Waals surface area contributed by atoms with E-state index >= 15 is 0 Å². The SMILES string of the molecule is O=C1CC[C@@H](O)C=C1CCCCl. The second-order valence-corrected chi connectivity index (χ2v) is 3.39. The van der Waals surface area contributed by atoms with Gasteiger partial charge in [0, 0.05) is 12.3 Å². The Hall–Kier alpha value is -0.340. The summed E-state index contributed by atoms with van der Waals surface area (Å²) >= 11 is 5.50. The molecule has 0 aromatic carbocycles. The van der Waals surface area contributed by atoms with E-state index in [4.69, 9.17) is 11.6 Å². The molecule has 3 heteroatoms. The van der Waals surface area contributed by atoms with Crippen molar-refractivity contribution in [3.8, 4) is 0 Å². The maximum absolute atomic E-state index is 11.2. The van der Waals surface area contributed by atoms with Crippen LogP contribution in [0.25, 0.3) is 0 Å². The molecule has 0 aromatic heterocycles. The van der Waals surface area contributed by atoms with Crippen molar-refractivity contribution in [3.05, 3.63) is 11.6 Å². The molecule has 1 rings (SSSR count). The van der Waals surface area contributed by atoms with Gasteiger partial charge in [-0.15, -0.1) is 11.6 Å². The molecule has 1 atom stereocenters. The molecular formula is C9H13ClO2. The lowest BCUT2D eigenvalue weighted by Crippen LogP contribution is -2.17. The quantitative estimate of drug-likeness (QED) is 0.684. The lowest BCUT2D eigenvalue weighted by Gasteiger charge is -2.15. The molecule has 0 aliphatic heterocycles. The van der Waals surface area contributed by atoms with Gasteiger partial charge >= 0.3 is 0 Å². The monoisotopic (exact) mass is 188 g/mol. The summed E-state index contributed by atoms with van der Waals surface area (Å²) in [6, 6.07) is 0. The van der Waals surface area contributed by atoms with Crippen LogP contribution in [0.5, 0.6) is 0 Å². The van der Waals surface area contributed by atoms with E-state index in [9.17, 15) is 9.90 Å². The molecule has 0 amide bonds. The van der Waals surface area contributed by atoms with E-state index in [0.717, 1.165) is 12.0 Å². The van der Waals surface area contributed by atoms with E-state index in [1.807, 2.05) is 0 Å². The van der Waals surface area contributed by atoms with Crippen molar-refractivity contribution in [2.24, 2.45) is 0 Å². The van der Waals surface area contributed by atoms with Gasteiger partial charge in [-0.2, -0.15) is 0 Å².